The molecule has 1 aromatic heterocycles. The lowest BCUT2D eigenvalue weighted by molar-refractivity contribution is -0.114. The first-order valence-corrected chi connectivity index (χ1v) is 7.81. The van der Waals surface area contributed by atoms with Crippen molar-refractivity contribution in [1.82, 2.24) is 4.98 Å². The molecule has 6 nitrogen and oxygen atoms in total. The maximum atomic E-state index is 12.1. The van der Waals surface area contributed by atoms with E-state index in [0.717, 1.165) is 22.2 Å². The number of carbonyl (C=O) groups is 2. The fourth-order valence-electron chi connectivity index (χ4n) is 3.01. The number of methoxy groups -OCH3 is 1. The molecule has 0 bridgehead atoms. The summed E-state index contributed by atoms with van der Waals surface area (Å²) in [6.45, 7) is 0.0225. The van der Waals surface area contributed by atoms with Gasteiger partial charge in [-0.3, -0.25) is 9.79 Å². The Balaban J connectivity index is 1.91. The second kappa shape index (κ2) is 5.90. The lowest BCUT2D eigenvalue weighted by atomic mass is 10.0. The van der Waals surface area contributed by atoms with Crippen LogP contribution >= 0.6 is 0 Å². The molecule has 124 valence electrons. The first-order chi connectivity index (χ1) is 12.2. The first-order valence-electron chi connectivity index (χ1n) is 7.81. The predicted molar refractivity (Wildman–Crippen MR) is 95.2 cm³/mol. The third-order valence-electron chi connectivity index (χ3n) is 4.15. The second-order valence-electron chi connectivity index (χ2n) is 5.71. The van der Waals surface area contributed by atoms with Crippen LogP contribution in [0.2, 0.25) is 0 Å². The number of rotatable bonds is 2. The van der Waals surface area contributed by atoms with Gasteiger partial charge in [0.05, 0.1) is 29.8 Å². The van der Waals surface area contributed by atoms with E-state index in [9.17, 15) is 9.59 Å². The molecule has 0 saturated heterocycles. The highest BCUT2D eigenvalue weighted by Gasteiger charge is 2.23. The van der Waals surface area contributed by atoms with Crippen LogP contribution in [0.25, 0.3) is 10.9 Å². The minimum atomic E-state index is -0.415. The van der Waals surface area contributed by atoms with Crippen LogP contribution in [0.15, 0.2) is 53.5 Å². The molecule has 1 amide bonds. The summed E-state index contributed by atoms with van der Waals surface area (Å²) in [6, 6.07) is 14.8. The number of benzene rings is 2. The summed E-state index contributed by atoms with van der Waals surface area (Å²) in [4.78, 5) is 31.7. The van der Waals surface area contributed by atoms with Gasteiger partial charge in [0, 0.05) is 16.5 Å². The van der Waals surface area contributed by atoms with Crippen LogP contribution in [-0.4, -0.2) is 36.2 Å². The maximum absolute atomic E-state index is 12.1. The number of aliphatic imine (C=N–C) groups is 1. The Hall–Kier alpha value is -3.41. The van der Waals surface area contributed by atoms with Gasteiger partial charge in [-0.2, -0.15) is 0 Å². The number of aromatic nitrogens is 1. The van der Waals surface area contributed by atoms with Gasteiger partial charge in [0.25, 0.3) is 0 Å². The number of esters is 1. The van der Waals surface area contributed by atoms with Gasteiger partial charge >= 0.3 is 5.97 Å². The zero-order chi connectivity index (χ0) is 17.4. The molecule has 2 heterocycles. The molecule has 1 aliphatic rings. The number of anilines is 1. The molecule has 2 N–H and O–H groups in total. The van der Waals surface area contributed by atoms with E-state index in [-0.39, 0.29) is 12.5 Å². The van der Waals surface area contributed by atoms with E-state index in [2.05, 4.69) is 15.3 Å². The van der Waals surface area contributed by atoms with E-state index in [0.29, 0.717) is 17.0 Å². The zero-order valence-electron chi connectivity index (χ0n) is 13.5. The number of nitrogens with zero attached hydrogens (tertiary/aromatic N) is 1. The molecule has 4 rings (SSSR count). The summed E-state index contributed by atoms with van der Waals surface area (Å²) in [5, 5.41) is 3.84. The van der Waals surface area contributed by atoms with E-state index in [1.165, 1.54) is 7.11 Å². The SMILES string of the molecule is COC(=O)c1cccc(C2=NCC(=O)Nc3c2[nH]c2ccccc32)c1. The first kappa shape index (κ1) is 15.1. The molecule has 6 heteroatoms. The summed E-state index contributed by atoms with van der Waals surface area (Å²) in [7, 11) is 1.34. The molecule has 0 aliphatic carbocycles. The van der Waals surface area contributed by atoms with Crippen molar-refractivity contribution in [3.63, 3.8) is 0 Å². The minimum absolute atomic E-state index is 0.0225. The summed E-state index contributed by atoms with van der Waals surface area (Å²) >= 11 is 0. The fourth-order valence-corrected chi connectivity index (χ4v) is 3.01. The molecule has 0 radical (unpaired) electrons. The Morgan fingerprint density at radius 3 is 2.84 bits per heavy atom. The highest BCUT2D eigenvalue weighted by atomic mass is 16.5. The predicted octanol–water partition coefficient (Wildman–Crippen LogP) is 2.74. The van der Waals surface area contributed by atoms with Crippen molar-refractivity contribution >= 4 is 34.2 Å². The molecule has 0 fully saturated rings. The van der Waals surface area contributed by atoms with E-state index in [4.69, 9.17) is 4.74 Å². The number of ether oxygens (including phenoxy) is 1. The number of carbonyl (C=O) groups excluding carboxylic acids is 2. The van der Waals surface area contributed by atoms with Crippen LogP contribution in [0.4, 0.5) is 5.69 Å². The maximum Gasteiger partial charge on any atom is 0.337 e. The second-order valence-corrected chi connectivity index (χ2v) is 5.71. The number of hydrogen-bond acceptors (Lipinski definition) is 4. The van der Waals surface area contributed by atoms with Crippen molar-refractivity contribution in [3.05, 3.63) is 65.4 Å². The Morgan fingerprint density at radius 1 is 1.16 bits per heavy atom. The minimum Gasteiger partial charge on any atom is -0.465 e. The topological polar surface area (TPSA) is 83.5 Å². The van der Waals surface area contributed by atoms with Crippen LogP contribution in [0.3, 0.4) is 0 Å². The summed E-state index contributed by atoms with van der Waals surface area (Å²) in [5.74, 6) is -0.590. The number of nitrogens with one attached hydrogen (secondary N) is 2. The van der Waals surface area contributed by atoms with Gasteiger partial charge < -0.3 is 15.0 Å². The zero-order valence-corrected chi connectivity index (χ0v) is 13.5. The van der Waals surface area contributed by atoms with Gasteiger partial charge in [0.1, 0.15) is 6.54 Å². The van der Waals surface area contributed by atoms with Crippen LogP contribution in [-0.2, 0) is 9.53 Å². The van der Waals surface area contributed by atoms with Gasteiger partial charge in [-0.05, 0) is 18.2 Å². The average Bonchev–Trinajstić information content (AvgIpc) is 2.91. The normalized spacial score (nSPS) is 13.6. The molecule has 0 unspecified atom stereocenters. The molecule has 0 spiro atoms. The number of H-pyrrole nitrogens is 1. The average molecular weight is 333 g/mol. The number of hydrogen-bond donors (Lipinski definition) is 2. The highest BCUT2D eigenvalue weighted by molar-refractivity contribution is 6.23. The molecule has 0 atom stereocenters. The Bertz CT molecular complexity index is 1030. The van der Waals surface area contributed by atoms with Crippen LogP contribution in [0.5, 0.6) is 0 Å². The van der Waals surface area contributed by atoms with Crippen LogP contribution in [0, 0.1) is 0 Å². The third-order valence-corrected chi connectivity index (χ3v) is 4.15. The smallest absolute Gasteiger partial charge is 0.337 e. The van der Waals surface area contributed by atoms with E-state index in [1.54, 1.807) is 18.2 Å². The molecule has 3 aromatic rings. The van der Waals surface area contributed by atoms with Gasteiger partial charge in [-0.25, -0.2) is 4.79 Å². The Labute approximate surface area is 143 Å². The molecule has 1 aliphatic heterocycles. The van der Waals surface area contributed by atoms with Crippen LogP contribution in [0.1, 0.15) is 21.6 Å². The fraction of sp³-hybridized carbons (Fsp3) is 0.105. The van der Waals surface area contributed by atoms with E-state index < -0.39 is 5.97 Å². The van der Waals surface area contributed by atoms with Gasteiger partial charge in [-0.1, -0.05) is 30.3 Å². The van der Waals surface area contributed by atoms with Gasteiger partial charge in [0.2, 0.25) is 5.91 Å². The largest absolute Gasteiger partial charge is 0.465 e. The van der Waals surface area contributed by atoms with Gasteiger partial charge in [-0.15, -0.1) is 0 Å². The number of amides is 1. The monoisotopic (exact) mass is 333 g/mol. The summed E-state index contributed by atoms with van der Waals surface area (Å²) < 4.78 is 4.78. The highest BCUT2D eigenvalue weighted by Crippen LogP contribution is 2.31. The van der Waals surface area contributed by atoms with E-state index in [1.807, 2.05) is 30.3 Å². The Kier molecular flexibility index (Phi) is 3.57. The number of fused-ring (bicyclic) bond motifs is 3. The standard InChI is InChI=1S/C19H15N3O3/c1-25-19(24)12-6-4-5-11(9-12)16-18-17(22-15(23)10-20-16)13-7-2-3-8-14(13)21-18/h2-9,21H,10H2,1H3,(H,22,23). The van der Waals surface area contributed by atoms with Crippen molar-refractivity contribution in [2.75, 3.05) is 19.0 Å². The number of aromatic amines is 1. The molecule has 25 heavy (non-hydrogen) atoms. The van der Waals surface area contributed by atoms with Crippen LogP contribution < -0.4 is 5.32 Å². The Morgan fingerprint density at radius 2 is 2.00 bits per heavy atom. The van der Waals surface area contributed by atoms with Crippen molar-refractivity contribution in [2.45, 2.75) is 0 Å². The van der Waals surface area contributed by atoms with Gasteiger partial charge in [0.15, 0.2) is 0 Å². The number of para-hydroxylation sites is 1. The molecular formula is C19H15N3O3. The summed E-state index contributed by atoms with van der Waals surface area (Å²) in [5.41, 5.74) is 4.16. The molecular weight excluding hydrogens is 318 g/mol. The third kappa shape index (κ3) is 2.57. The molecule has 2 aromatic carbocycles. The quantitative estimate of drug-likeness (QED) is 0.707. The van der Waals surface area contributed by atoms with Crippen molar-refractivity contribution in [1.29, 1.82) is 0 Å². The lowest BCUT2D eigenvalue weighted by Gasteiger charge is -2.07. The van der Waals surface area contributed by atoms with E-state index >= 15 is 0 Å². The van der Waals surface area contributed by atoms with Crippen molar-refractivity contribution < 1.29 is 14.3 Å². The van der Waals surface area contributed by atoms with Crippen molar-refractivity contribution in [2.24, 2.45) is 4.99 Å². The van der Waals surface area contributed by atoms with Crippen molar-refractivity contribution in [3.8, 4) is 0 Å². The summed E-state index contributed by atoms with van der Waals surface area (Å²) in [6.07, 6.45) is 0. The molecule has 0 saturated carbocycles. The lowest BCUT2D eigenvalue weighted by Crippen LogP contribution is -2.13.